The second-order valence-electron chi connectivity index (χ2n) is 5.07. The van der Waals surface area contributed by atoms with Gasteiger partial charge in [-0.05, 0) is 31.2 Å². The number of benzene rings is 1. The van der Waals surface area contributed by atoms with Crippen molar-refractivity contribution in [3.05, 3.63) is 47.2 Å². The van der Waals surface area contributed by atoms with E-state index < -0.39 is 0 Å². The molecule has 3 aromatic heterocycles. The van der Waals surface area contributed by atoms with Gasteiger partial charge in [0.05, 0.1) is 20.9 Å². The zero-order chi connectivity index (χ0) is 15.3. The number of anilines is 1. The van der Waals surface area contributed by atoms with Gasteiger partial charge < -0.3 is 9.72 Å². The van der Waals surface area contributed by atoms with Crippen LogP contribution in [0.4, 0.5) is 5.13 Å². The van der Waals surface area contributed by atoms with Crippen molar-refractivity contribution in [2.45, 2.75) is 6.92 Å². The molecule has 0 amide bonds. The summed E-state index contributed by atoms with van der Waals surface area (Å²) in [4.78, 5) is 9.24. The van der Waals surface area contributed by atoms with Gasteiger partial charge in [-0.2, -0.15) is 0 Å². The number of imidazole rings is 1. The molecule has 1 N–H and O–H groups in total. The fraction of sp³-hybridized carbons (Fsp3) is 0.125. The Hall–Kier alpha value is -2.11. The van der Waals surface area contributed by atoms with Crippen LogP contribution in [0, 0.1) is 6.92 Å². The van der Waals surface area contributed by atoms with Gasteiger partial charge in [0.25, 0.3) is 0 Å². The second kappa shape index (κ2) is 4.97. The van der Waals surface area contributed by atoms with E-state index in [1.165, 1.54) is 0 Å². The number of hydrogen-bond donors (Lipinski definition) is 1. The van der Waals surface area contributed by atoms with Crippen LogP contribution >= 0.6 is 22.9 Å². The number of rotatable bonds is 2. The van der Waals surface area contributed by atoms with E-state index >= 15 is 0 Å². The fourth-order valence-corrected chi connectivity index (χ4v) is 3.61. The molecule has 0 unspecified atom stereocenters. The average Bonchev–Trinajstić information content (AvgIpc) is 3.08. The maximum absolute atomic E-state index is 6.08. The van der Waals surface area contributed by atoms with Crippen LogP contribution in [-0.2, 0) is 0 Å². The molecule has 4 rings (SSSR count). The maximum Gasteiger partial charge on any atom is 0.183 e. The van der Waals surface area contributed by atoms with Crippen LogP contribution < -0.4 is 5.32 Å². The highest BCUT2D eigenvalue weighted by atomic mass is 35.5. The summed E-state index contributed by atoms with van der Waals surface area (Å²) in [5.41, 5.74) is 5.05. The van der Waals surface area contributed by atoms with Gasteiger partial charge >= 0.3 is 0 Å². The van der Waals surface area contributed by atoms with Gasteiger partial charge in [-0.1, -0.05) is 29.0 Å². The van der Waals surface area contributed by atoms with Crippen LogP contribution in [-0.4, -0.2) is 21.4 Å². The van der Waals surface area contributed by atoms with Crippen LogP contribution in [0.5, 0.6) is 0 Å². The first-order valence-electron chi connectivity index (χ1n) is 6.88. The van der Waals surface area contributed by atoms with E-state index in [1.807, 2.05) is 35.8 Å². The third-order valence-corrected chi connectivity index (χ3v) is 4.96. The van der Waals surface area contributed by atoms with Gasteiger partial charge in [0.1, 0.15) is 5.65 Å². The third-order valence-electron chi connectivity index (χ3n) is 3.70. The molecule has 0 spiro atoms. The Morgan fingerprint density at radius 1 is 1.18 bits per heavy atom. The number of nitrogens with one attached hydrogen (secondary N) is 1. The number of nitrogens with zero attached hydrogens (tertiary/aromatic N) is 3. The third kappa shape index (κ3) is 2.05. The topological polar surface area (TPSA) is 42.2 Å². The van der Waals surface area contributed by atoms with Gasteiger partial charge in [-0.3, -0.25) is 0 Å². The number of thiazole rings is 1. The molecule has 0 aliphatic carbocycles. The van der Waals surface area contributed by atoms with Gasteiger partial charge in [-0.15, -0.1) is 0 Å². The molecule has 0 radical (unpaired) electrons. The molecule has 1 aromatic carbocycles. The van der Waals surface area contributed by atoms with Crippen molar-refractivity contribution < 1.29 is 0 Å². The Morgan fingerprint density at radius 2 is 2.05 bits per heavy atom. The standard InChI is InChI=1S/C16H13ClN4S/c1-9-15(20-14-6-4-11(17)8-21(9)14)10-3-5-12-13(7-10)22-16(18-2)19-12/h3-8H,1-2H3,(H,18,19). The Balaban J connectivity index is 1.92. The molecular formula is C16H13ClN4S. The van der Waals surface area contributed by atoms with Crippen molar-refractivity contribution in [3.8, 4) is 11.3 Å². The highest BCUT2D eigenvalue weighted by Crippen LogP contribution is 2.31. The Bertz CT molecular complexity index is 1000. The van der Waals surface area contributed by atoms with Crippen LogP contribution in [0.25, 0.3) is 27.1 Å². The predicted octanol–water partition coefficient (Wildman–Crippen LogP) is 4.61. The molecule has 4 nitrogen and oxygen atoms in total. The lowest BCUT2D eigenvalue weighted by atomic mass is 10.1. The minimum Gasteiger partial charge on any atom is -0.365 e. The van der Waals surface area contributed by atoms with Gasteiger partial charge in [-0.25, -0.2) is 9.97 Å². The molecule has 0 aliphatic rings. The fourth-order valence-electron chi connectivity index (χ4n) is 2.59. The summed E-state index contributed by atoms with van der Waals surface area (Å²) >= 11 is 7.72. The highest BCUT2D eigenvalue weighted by Gasteiger charge is 2.12. The molecule has 110 valence electrons. The monoisotopic (exact) mass is 328 g/mol. The minimum atomic E-state index is 0.705. The van der Waals surface area contributed by atoms with Crippen molar-refractivity contribution in [1.29, 1.82) is 0 Å². The minimum absolute atomic E-state index is 0.705. The van der Waals surface area contributed by atoms with Gasteiger partial charge in [0.2, 0.25) is 0 Å². The lowest BCUT2D eigenvalue weighted by Crippen LogP contribution is -1.87. The SMILES string of the molecule is CNc1nc2ccc(-c3nc4ccc(Cl)cn4c3C)cc2s1. The van der Waals surface area contributed by atoms with E-state index in [2.05, 4.69) is 29.4 Å². The van der Waals surface area contributed by atoms with E-state index in [4.69, 9.17) is 16.6 Å². The maximum atomic E-state index is 6.08. The second-order valence-corrected chi connectivity index (χ2v) is 6.54. The van der Waals surface area contributed by atoms with Crippen molar-refractivity contribution in [2.24, 2.45) is 0 Å². The summed E-state index contributed by atoms with van der Waals surface area (Å²) < 4.78 is 3.17. The lowest BCUT2D eigenvalue weighted by Gasteiger charge is -2.00. The summed E-state index contributed by atoms with van der Waals surface area (Å²) in [5.74, 6) is 0. The molecular weight excluding hydrogens is 316 g/mol. The Kier molecular flexibility index (Phi) is 3.06. The molecule has 0 aliphatic heterocycles. The average molecular weight is 329 g/mol. The molecule has 4 aromatic rings. The molecule has 0 atom stereocenters. The summed E-state index contributed by atoms with van der Waals surface area (Å²) in [5, 5.41) is 4.71. The van der Waals surface area contributed by atoms with E-state index in [9.17, 15) is 0 Å². The molecule has 22 heavy (non-hydrogen) atoms. The largest absolute Gasteiger partial charge is 0.365 e. The number of pyridine rings is 1. The first-order chi connectivity index (χ1) is 10.7. The van der Waals surface area contributed by atoms with E-state index in [1.54, 1.807) is 11.3 Å². The van der Waals surface area contributed by atoms with Gasteiger partial charge in [0, 0.05) is 24.5 Å². The molecule has 0 saturated heterocycles. The number of aryl methyl sites for hydroxylation is 1. The summed E-state index contributed by atoms with van der Waals surface area (Å²) in [6.07, 6.45) is 1.90. The summed E-state index contributed by atoms with van der Waals surface area (Å²) in [7, 11) is 1.88. The van der Waals surface area contributed by atoms with Crippen LogP contribution in [0.2, 0.25) is 5.02 Å². The van der Waals surface area contributed by atoms with Crippen molar-refractivity contribution in [2.75, 3.05) is 12.4 Å². The van der Waals surface area contributed by atoms with Crippen LogP contribution in [0.1, 0.15) is 5.69 Å². The zero-order valence-electron chi connectivity index (χ0n) is 12.1. The Labute approximate surface area is 136 Å². The lowest BCUT2D eigenvalue weighted by molar-refractivity contribution is 1.11. The first-order valence-corrected chi connectivity index (χ1v) is 8.08. The van der Waals surface area contributed by atoms with Crippen molar-refractivity contribution in [1.82, 2.24) is 14.4 Å². The number of hydrogen-bond acceptors (Lipinski definition) is 4. The predicted molar refractivity (Wildman–Crippen MR) is 93.1 cm³/mol. The molecule has 0 saturated carbocycles. The van der Waals surface area contributed by atoms with Crippen LogP contribution in [0.15, 0.2) is 36.5 Å². The quantitative estimate of drug-likeness (QED) is 0.584. The normalized spacial score (nSPS) is 11.4. The van der Waals surface area contributed by atoms with Crippen molar-refractivity contribution in [3.63, 3.8) is 0 Å². The number of halogens is 1. The Morgan fingerprint density at radius 3 is 2.86 bits per heavy atom. The molecule has 3 heterocycles. The van der Waals surface area contributed by atoms with E-state index in [-0.39, 0.29) is 0 Å². The zero-order valence-corrected chi connectivity index (χ0v) is 13.7. The van der Waals surface area contributed by atoms with Gasteiger partial charge in [0.15, 0.2) is 5.13 Å². The summed E-state index contributed by atoms with van der Waals surface area (Å²) in [6.45, 7) is 2.06. The highest BCUT2D eigenvalue weighted by molar-refractivity contribution is 7.22. The van der Waals surface area contributed by atoms with E-state index in [0.29, 0.717) is 5.02 Å². The molecule has 6 heteroatoms. The number of aromatic nitrogens is 3. The molecule has 0 fully saturated rings. The smallest absolute Gasteiger partial charge is 0.183 e. The van der Waals surface area contributed by atoms with Crippen LogP contribution in [0.3, 0.4) is 0 Å². The summed E-state index contributed by atoms with van der Waals surface area (Å²) in [6, 6.07) is 10.0. The molecule has 0 bridgehead atoms. The number of fused-ring (bicyclic) bond motifs is 2. The van der Waals surface area contributed by atoms with E-state index in [0.717, 1.165) is 37.9 Å². The van der Waals surface area contributed by atoms with Crippen molar-refractivity contribution >= 4 is 43.9 Å². The first kappa shape index (κ1) is 13.5.